The van der Waals surface area contributed by atoms with E-state index in [1.54, 1.807) is 6.07 Å². The lowest BCUT2D eigenvalue weighted by Crippen LogP contribution is -2.18. The van der Waals surface area contributed by atoms with E-state index in [1.807, 2.05) is 25.1 Å². The molecular weight excluding hydrogens is 370 g/mol. The predicted molar refractivity (Wildman–Crippen MR) is 104 cm³/mol. The third-order valence-electron chi connectivity index (χ3n) is 4.21. The van der Waals surface area contributed by atoms with Gasteiger partial charge in [-0.25, -0.2) is 4.98 Å². The SMILES string of the molecule is C[C@H](Sc1nnc(NC[C@@H]2CCCO2)s1)c1nc2ccccc2c(=O)[nH]1. The maximum absolute atomic E-state index is 12.2. The number of fused-ring (bicyclic) bond motifs is 1. The van der Waals surface area contributed by atoms with Crippen LogP contribution in [-0.4, -0.2) is 39.4 Å². The average Bonchev–Trinajstić information content (AvgIpc) is 3.31. The van der Waals surface area contributed by atoms with E-state index >= 15 is 0 Å². The Hall–Kier alpha value is -1.97. The highest BCUT2D eigenvalue weighted by Gasteiger charge is 2.17. The van der Waals surface area contributed by atoms with Gasteiger partial charge in [-0.3, -0.25) is 4.79 Å². The quantitative estimate of drug-likeness (QED) is 0.625. The van der Waals surface area contributed by atoms with Crippen LogP contribution in [0, 0.1) is 0 Å². The summed E-state index contributed by atoms with van der Waals surface area (Å²) < 4.78 is 6.43. The highest BCUT2D eigenvalue weighted by molar-refractivity contribution is 8.01. The standard InChI is InChI=1S/C17H19N5O2S2/c1-10(14-19-13-7-3-2-6-12(13)15(23)20-14)25-17-22-21-16(26-17)18-9-11-5-4-8-24-11/h2-3,6-7,10-11H,4-5,8-9H2,1H3,(H,18,21)(H,19,20,23)/t10-,11-/m0/s1. The fourth-order valence-electron chi connectivity index (χ4n) is 2.84. The van der Waals surface area contributed by atoms with Gasteiger partial charge in [-0.05, 0) is 31.9 Å². The van der Waals surface area contributed by atoms with Crippen LogP contribution in [0.4, 0.5) is 5.13 Å². The van der Waals surface area contributed by atoms with Crippen LogP contribution in [0.25, 0.3) is 10.9 Å². The molecule has 1 saturated heterocycles. The normalized spacial score (nSPS) is 18.3. The molecule has 1 aromatic carbocycles. The Bertz CT molecular complexity index is 951. The fraction of sp³-hybridized carbons (Fsp3) is 0.412. The highest BCUT2D eigenvalue weighted by atomic mass is 32.2. The van der Waals surface area contributed by atoms with Gasteiger partial charge in [0, 0.05) is 13.2 Å². The van der Waals surface area contributed by atoms with Crippen molar-refractivity contribution in [2.24, 2.45) is 0 Å². The maximum Gasteiger partial charge on any atom is 0.258 e. The largest absolute Gasteiger partial charge is 0.376 e. The van der Waals surface area contributed by atoms with Crippen LogP contribution in [-0.2, 0) is 4.74 Å². The molecule has 136 valence electrons. The van der Waals surface area contributed by atoms with E-state index in [-0.39, 0.29) is 16.9 Å². The molecular formula is C17H19N5O2S2. The summed E-state index contributed by atoms with van der Waals surface area (Å²) in [5.41, 5.74) is 0.587. The Labute approximate surface area is 158 Å². The summed E-state index contributed by atoms with van der Waals surface area (Å²) in [6.07, 6.45) is 2.48. The van der Waals surface area contributed by atoms with Crippen LogP contribution in [0.2, 0.25) is 0 Å². The van der Waals surface area contributed by atoms with E-state index in [1.165, 1.54) is 23.1 Å². The molecule has 4 rings (SSSR count). The van der Waals surface area contributed by atoms with E-state index in [0.29, 0.717) is 16.7 Å². The number of nitrogens with zero attached hydrogens (tertiary/aromatic N) is 3. The Morgan fingerprint density at radius 1 is 1.42 bits per heavy atom. The Morgan fingerprint density at radius 2 is 2.31 bits per heavy atom. The molecule has 0 saturated carbocycles. The minimum absolute atomic E-state index is 0.0359. The summed E-state index contributed by atoms with van der Waals surface area (Å²) in [4.78, 5) is 19.7. The third-order valence-corrected chi connectivity index (χ3v) is 6.28. The Morgan fingerprint density at radius 3 is 3.15 bits per heavy atom. The molecule has 9 heteroatoms. The lowest BCUT2D eigenvalue weighted by molar-refractivity contribution is 0.120. The Balaban J connectivity index is 1.43. The molecule has 0 radical (unpaired) electrons. The van der Waals surface area contributed by atoms with Crippen molar-refractivity contribution in [3.8, 4) is 0 Å². The highest BCUT2D eigenvalue weighted by Crippen LogP contribution is 2.36. The van der Waals surface area contributed by atoms with Crippen LogP contribution in [0.1, 0.15) is 30.8 Å². The molecule has 3 heterocycles. The zero-order valence-corrected chi connectivity index (χ0v) is 15.9. The zero-order chi connectivity index (χ0) is 17.9. The van der Waals surface area contributed by atoms with Crippen molar-refractivity contribution in [3.63, 3.8) is 0 Å². The van der Waals surface area contributed by atoms with Crippen molar-refractivity contribution in [3.05, 3.63) is 40.4 Å². The smallest absolute Gasteiger partial charge is 0.258 e. The van der Waals surface area contributed by atoms with Crippen molar-refractivity contribution in [1.29, 1.82) is 0 Å². The average molecular weight is 390 g/mol. The number of aromatic amines is 1. The number of rotatable bonds is 6. The summed E-state index contributed by atoms with van der Waals surface area (Å²) in [5, 5.41) is 13.0. The molecule has 0 spiro atoms. The van der Waals surface area contributed by atoms with Crippen molar-refractivity contribution < 1.29 is 4.74 Å². The number of para-hydroxylation sites is 1. The van der Waals surface area contributed by atoms with Gasteiger partial charge in [0.2, 0.25) is 5.13 Å². The lowest BCUT2D eigenvalue weighted by atomic mass is 10.2. The summed E-state index contributed by atoms with van der Waals surface area (Å²) >= 11 is 3.04. The van der Waals surface area contributed by atoms with Crippen LogP contribution in [0.3, 0.4) is 0 Å². The summed E-state index contributed by atoms with van der Waals surface area (Å²) in [6, 6.07) is 7.35. The number of thioether (sulfide) groups is 1. The first-order chi connectivity index (χ1) is 12.7. The van der Waals surface area contributed by atoms with Gasteiger partial charge < -0.3 is 15.0 Å². The minimum Gasteiger partial charge on any atom is -0.376 e. The predicted octanol–water partition coefficient (Wildman–Crippen LogP) is 3.22. The number of hydrogen-bond donors (Lipinski definition) is 2. The van der Waals surface area contributed by atoms with Crippen molar-refractivity contribution in [2.75, 3.05) is 18.5 Å². The molecule has 0 bridgehead atoms. The first kappa shape index (κ1) is 17.4. The number of H-pyrrole nitrogens is 1. The van der Waals surface area contributed by atoms with Crippen LogP contribution >= 0.6 is 23.1 Å². The van der Waals surface area contributed by atoms with Gasteiger partial charge in [0.1, 0.15) is 5.82 Å². The number of ether oxygens (including phenoxy) is 1. The number of anilines is 1. The van der Waals surface area contributed by atoms with Gasteiger partial charge >= 0.3 is 0 Å². The molecule has 2 atom stereocenters. The molecule has 0 aliphatic carbocycles. The summed E-state index contributed by atoms with van der Waals surface area (Å²) in [5.74, 6) is 0.641. The van der Waals surface area contributed by atoms with Crippen LogP contribution in [0.15, 0.2) is 33.4 Å². The van der Waals surface area contributed by atoms with Crippen molar-refractivity contribution in [1.82, 2.24) is 20.2 Å². The third kappa shape index (κ3) is 3.89. The number of nitrogens with one attached hydrogen (secondary N) is 2. The maximum atomic E-state index is 12.2. The van der Waals surface area contributed by atoms with E-state index in [9.17, 15) is 4.79 Å². The minimum atomic E-state index is -0.116. The molecule has 2 N–H and O–H groups in total. The second-order valence-electron chi connectivity index (χ2n) is 6.12. The van der Waals surface area contributed by atoms with E-state index in [4.69, 9.17) is 4.74 Å². The van der Waals surface area contributed by atoms with E-state index in [0.717, 1.165) is 35.5 Å². The first-order valence-electron chi connectivity index (χ1n) is 8.53. The molecule has 7 nitrogen and oxygen atoms in total. The molecule has 1 fully saturated rings. The van der Waals surface area contributed by atoms with Gasteiger partial charge in [-0.1, -0.05) is 35.2 Å². The zero-order valence-electron chi connectivity index (χ0n) is 14.3. The molecule has 26 heavy (non-hydrogen) atoms. The van der Waals surface area contributed by atoms with Crippen molar-refractivity contribution in [2.45, 2.75) is 35.5 Å². The van der Waals surface area contributed by atoms with Crippen LogP contribution in [0.5, 0.6) is 0 Å². The number of aromatic nitrogens is 4. The Kier molecular flexibility index (Phi) is 5.18. The van der Waals surface area contributed by atoms with Gasteiger partial charge in [0.25, 0.3) is 5.56 Å². The molecule has 1 aliphatic heterocycles. The van der Waals surface area contributed by atoms with E-state index < -0.39 is 0 Å². The van der Waals surface area contributed by atoms with Crippen molar-refractivity contribution >= 4 is 39.1 Å². The summed E-state index contributed by atoms with van der Waals surface area (Å²) in [7, 11) is 0. The van der Waals surface area contributed by atoms with Gasteiger partial charge in [-0.2, -0.15) is 0 Å². The second kappa shape index (κ2) is 7.73. The summed E-state index contributed by atoms with van der Waals surface area (Å²) in [6.45, 7) is 3.60. The molecule has 2 aromatic heterocycles. The fourth-order valence-corrected chi connectivity index (χ4v) is 4.80. The first-order valence-corrected chi connectivity index (χ1v) is 10.2. The van der Waals surface area contributed by atoms with Gasteiger partial charge in [-0.15, -0.1) is 10.2 Å². The molecule has 3 aromatic rings. The van der Waals surface area contributed by atoms with Gasteiger partial charge in [0.05, 0.1) is 22.3 Å². The van der Waals surface area contributed by atoms with Crippen LogP contribution < -0.4 is 10.9 Å². The topological polar surface area (TPSA) is 92.8 Å². The molecule has 0 amide bonds. The monoisotopic (exact) mass is 389 g/mol. The molecule has 1 aliphatic rings. The number of benzene rings is 1. The second-order valence-corrected chi connectivity index (χ2v) is 8.68. The number of hydrogen-bond acceptors (Lipinski definition) is 8. The molecule has 0 unspecified atom stereocenters. The lowest BCUT2D eigenvalue weighted by Gasteiger charge is -2.09. The van der Waals surface area contributed by atoms with E-state index in [2.05, 4.69) is 25.5 Å². The van der Waals surface area contributed by atoms with Gasteiger partial charge in [0.15, 0.2) is 4.34 Å².